The first-order valence-corrected chi connectivity index (χ1v) is 5.10. The van der Waals surface area contributed by atoms with Crippen molar-refractivity contribution in [3.63, 3.8) is 0 Å². The van der Waals surface area contributed by atoms with Crippen molar-refractivity contribution in [2.75, 3.05) is 0 Å². The van der Waals surface area contributed by atoms with Gasteiger partial charge >= 0.3 is 0 Å². The molecule has 3 nitrogen and oxygen atoms in total. The Morgan fingerprint density at radius 2 is 2.43 bits per heavy atom. The zero-order valence-corrected chi connectivity index (χ0v) is 8.84. The van der Waals surface area contributed by atoms with Crippen molar-refractivity contribution < 1.29 is 4.79 Å². The molecule has 0 aliphatic carbocycles. The van der Waals surface area contributed by atoms with Crippen LogP contribution in [0.2, 0.25) is 0 Å². The Bertz CT molecular complexity index is 267. The fourth-order valence-electron chi connectivity index (χ4n) is 1.20. The summed E-state index contributed by atoms with van der Waals surface area (Å²) in [7, 11) is 0. The van der Waals surface area contributed by atoms with E-state index in [0.717, 1.165) is 12.0 Å². The van der Waals surface area contributed by atoms with Gasteiger partial charge in [-0.15, -0.1) is 0 Å². The van der Waals surface area contributed by atoms with E-state index >= 15 is 0 Å². The van der Waals surface area contributed by atoms with E-state index in [4.69, 9.17) is 0 Å². The van der Waals surface area contributed by atoms with Gasteiger partial charge in [0.05, 0.1) is 0 Å². The molecule has 14 heavy (non-hydrogen) atoms. The summed E-state index contributed by atoms with van der Waals surface area (Å²) in [5, 5.41) is 2.89. The average Bonchev–Trinajstić information content (AvgIpc) is 2.67. The molecule has 0 aromatic carbocycles. The number of carbonyl (C=O) groups excluding carboxylic acids is 1. The van der Waals surface area contributed by atoms with Crippen LogP contribution < -0.4 is 5.32 Å². The number of rotatable bonds is 5. The average molecular weight is 194 g/mol. The molecule has 0 saturated carbocycles. The molecule has 1 atom stereocenters. The third-order valence-corrected chi connectivity index (χ3v) is 2.38. The summed E-state index contributed by atoms with van der Waals surface area (Å²) in [6, 6.07) is 1.96. The molecule has 0 aliphatic heterocycles. The number of carbonyl (C=O) groups is 1. The molecule has 2 N–H and O–H groups in total. The van der Waals surface area contributed by atoms with Gasteiger partial charge in [-0.05, 0) is 17.5 Å². The Hall–Kier alpha value is -1.25. The first-order chi connectivity index (χ1) is 6.72. The molecular formula is C11H18N2O. The number of aromatic nitrogens is 1. The first kappa shape index (κ1) is 10.8. The lowest BCUT2D eigenvalue weighted by Crippen LogP contribution is -2.24. The van der Waals surface area contributed by atoms with Gasteiger partial charge in [0.15, 0.2) is 0 Å². The van der Waals surface area contributed by atoms with Crippen molar-refractivity contribution in [2.45, 2.75) is 33.2 Å². The normalized spacial score (nSPS) is 12.4. The van der Waals surface area contributed by atoms with Gasteiger partial charge in [0, 0.05) is 25.4 Å². The molecule has 1 aromatic heterocycles. The van der Waals surface area contributed by atoms with Crippen LogP contribution in [0.3, 0.4) is 0 Å². The molecule has 3 heteroatoms. The van der Waals surface area contributed by atoms with Crippen LogP contribution in [0.1, 0.15) is 32.3 Å². The number of H-pyrrole nitrogens is 1. The summed E-state index contributed by atoms with van der Waals surface area (Å²) in [5.74, 6) is 0.613. The molecule has 0 radical (unpaired) electrons. The third kappa shape index (κ3) is 3.64. The maximum atomic E-state index is 11.4. The summed E-state index contributed by atoms with van der Waals surface area (Å²) in [4.78, 5) is 14.3. The van der Waals surface area contributed by atoms with E-state index in [9.17, 15) is 4.79 Å². The van der Waals surface area contributed by atoms with E-state index in [1.54, 1.807) is 0 Å². The summed E-state index contributed by atoms with van der Waals surface area (Å²) in [6.07, 6.45) is 5.43. The van der Waals surface area contributed by atoms with Gasteiger partial charge in [-0.3, -0.25) is 4.79 Å². The first-order valence-electron chi connectivity index (χ1n) is 5.10. The van der Waals surface area contributed by atoms with Crippen LogP contribution in [0.25, 0.3) is 0 Å². The van der Waals surface area contributed by atoms with Crippen LogP contribution in [0, 0.1) is 5.92 Å². The molecule has 1 rings (SSSR count). The molecule has 1 aromatic rings. The predicted octanol–water partition coefficient (Wildman–Crippen LogP) is 2.07. The summed E-state index contributed by atoms with van der Waals surface area (Å²) in [6.45, 7) is 4.82. The summed E-state index contributed by atoms with van der Waals surface area (Å²) in [5.41, 5.74) is 1.11. The second kappa shape index (κ2) is 5.47. The molecule has 78 valence electrons. The minimum Gasteiger partial charge on any atom is -0.367 e. The Labute approximate surface area is 84.9 Å². The monoisotopic (exact) mass is 194 g/mol. The lowest BCUT2D eigenvalue weighted by Gasteiger charge is -2.08. The maximum absolute atomic E-state index is 11.4. The predicted molar refractivity (Wildman–Crippen MR) is 56.7 cm³/mol. The molecule has 0 aliphatic rings. The number of nitrogens with one attached hydrogen (secondary N) is 2. The van der Waals surface area contributed by atoms with E-state index in [-0.39, 0.29) is 5.91 Å². The van der Waals surface area contributed by atoms with Crippen molar-refractivity contribution in [1.82, 2.24) is 10.3 Å². The van der Waals surface area contributed by atoms with E-state index in [0.29, 0.717) is 18.9 Å². The topological polar surface area (TPSA) is 44.9 Å². The largest absolute Gasteiger partial charge is 0.367 e. The van der Waals surface area contributed by atoms with E-state index < -0.39 is 0 Å². The van der Waals surface area contributed by atoms with Crippen molar-refractivity contribution in [2.24, 2.45) is 5.92 Å². The molecule has 0 spiro atoms. The van der Waals surface area contributed by atoms with Gasteiger partial charge in [0.1, 0.15) is 0 Å². The van der Waals surface area contributed by atoms with Gasteiger partial charge in [0.2, 0.25) is 5.91 Å². The van der Waals surface area contributed by atoms with Crippen LogP contribution in [0.4, 0.5) is 0 Å². The van der Waals surface area contributed by atoms with E-state index in [1.807, 2.05) is 18.5 Å². The fraction of sp³-hybridized carbons (Fsp3) is 0.545. The van der Waals surface area contributed by atoms with Gasteiger partial charge in [-0.25, -0.2) is 0 Å². The number of hydrogen-bond acceptors (Lipinski definition) is 1. The molecular weight excluding hydrogens is 176 g/mol. The van der Waals surface area contributed by atoms with Crippen LogP contribution in [-0.2, 0) is 11.3 Å². The lowest BCUT2D eigenvalue weighted by molar-refractivity contribution is -0.122. The zero-order chi connectivity index (χ0) is 10.4. The van der Waals surface area contributed by atoms with Crippen LogP contribution in [0.15, 0.2) is 18.5 Å². The molecule has 0 bridgehead atoms. The van der Waals surface area contributed by atoms with Gasteiger partial charge < -0.3 is 10.3 Å². The second-order valence-corrected chi connectivity index (χ2v) is 3.71. The molecule has 1 unspecified atom stereocenters. The van der Waals surface area contributed by atoms with Gasteiger partial charge in [0.25, 0.3) is 0 Å². The Morgan fingerprint density at radius 1 is 1.64 bits per heavy atom. The maximum Gasteiger partial charge on any atom is 0.220 e. The highest BCUT2D eigenvalue weighted by molar-refractivity contribution is 5.76. The highest BCUT2D eigenvalue weighted by Crippen LogP contribution is 2.05. The van der Waals surface area contributed by atoms with Crippen LogP contribution in [-0.4, -0.2) is 10.9 Å². The van der Waals surface area contributed by atoms with Crippen LogP contribution >= 0.6 is 0 Å². The van der Waals surface area contributed by atoms with Crippen molar-refractivity contribution >= 4 is 5.91 Å². The van der Waals surface area contributed by atoms with Crippen LogP contribution in [0.5, 0.6) is 0 Å². The SMILES string of the molecule is CCC(C)CC(=O)NCc1cc[nH]c1. The number of hydrogen-bond donors (Lipinski definition) is 2. The molecule has 1 heterocycles. The van der Waals surface area contributed by atoms with Crippen molar-refractivity contribution in [1.29, 1.82) is 0 Å². The Balaban J connectivity index is 2.22. The Kier molecular flexibility index (Phi) is 4.23. The fourth-order valence-corrected chi connectivity index (χ4v) is 1.20. The second-order valence-electron chi connectivity index (χ2n) is 3.71. The third-order valence-electron chi connectivity index (χ3n) is 2.38. The smallest absolute Gasteiger partial charge is 0.220 e. The highest BCUT2D eigenvalue weighted by atomic mass is 16.1. The lowest BCUT2D eigenvalue weighted by atomic mass is 10.1. The number of amides is 1. The van der Waals surface area contributed by atoms with Crippen molar-refractivity contribution in [3.8, 4) is 0 Å². The Morgan fingerprint density at radius 3 is 3.00 bits per heavy atom. The highest BCUT2D eigenvalue weighted by Gasteiger charge is 2.06. The summed E-state index contributed by atoms with van der Waals surface area (Å²) >= 11 is 0. The zero-order valence-electron chi connectivity index (χ0n) is 8.84. The molecule has 0 fully saturated rings. The van der Waals surface area contributed by atoms with Crippen molar-refractivity contribution in [3.05, 3.63) is 24.0 Å². The standard InChI is InChI=1S/C11H18N2O/c1-3-9(2)6-11(14)13-8-10-4-5-12-7-10/h4-5,7,9,12H,3,6,8H2,1-2H3,(H,13,14). The minimum absolute atomic E-state index is 0.139. The number of aromatic amines is 1. The van der Waals surface area contributed by atoms with Gasteiger partial charge in [-0.2, -0.15) is 0 Å². The summed E-state index contributed by atoms with van der Waals surface area (Å²) < 4.78 is 0. The van der Waals surface area contributed by atoms with Gasteiger partial charge in [-0.1, -0.05) is 20.3 Å². The quantitative estimate of drug-likeness (QED) is 0.740. The minimum atomic E-state index is 0.139. The molecule has 0 saturated heterocycles. The van der Waals surface area contributed by atoms with E-state index in [2.05, 4.69) is 24.1 Å². The van der Waals surface area contributed by atoms with E-state index in [1.165, 1.54) is 0 Å². The molecule has 1 amide bonds.